The fraction of sp³-hybridized carbons (Fsp3) is 0.294. The molecule has 2 aromatic rings. The molecule has 0 spiro atoms. The number of para-hydroxylation sites is 1. The number of fused-ring (bicyclic) bond motifs is 1. The molecule has 0 aromatic heterocycles. The van der Waals surface area contributed by atoms with Gasteiger partial charge in [-0.1, -0.05) is 36.4 Å². The fourth-order valence-corrected chi connectivity index (χ4v) is 2.65. The molecule has 2 unspecified atom stereocenters. The van der Waals surface area contributed by atoms with Crippen molar-refractivity contribution in [1.82, 2.24) is 0 Å². The number of ether oxygens (including phenoxy) is 1. The van der Waals surface area contributed by atoms with Crippen molar-refractivity contribution in [2.75, 3.05) is 6.61 Å². The average Bonchev–Trinajstić information content (AvgIpc) is 2.49. The fourth-order valence-electron chi connectivity index (χ4n) is 2.65. The number of halogens is 1. The molecule has 0 aliphatic carbocycles. The Morgan fingerprint density at radius 3 is 2.75 bits per heavy atom. The molecule has 104 valence electrons. The van der Waals surface area contributed by atoms with E-state index >= 15 is 0 Å². The highest BCUT2D eigenvalue weighted by Crippen LogP contribution is 2.29. The molecule has 0 radical (unpaired) electrons. The SMILES string of the molecule is OC(Cc1ccccc1F)C1COc2ccccc2C1. The minimum Gasteiger partial charge on any atom is -0.493 e. The van der Waals surface area contributed by atoms with E-state index in [2.05, 4.69) is 0 Å². The maximum atomic E-state index is 13.6. The molecule has 20 heavy (non-hydrogen) atoms. The molecule has 1 N–H and O–H groups in total. The number of aliphatic hydroxyl groups is 1. The van der Waals surface area contributed by atoms with Crippen molar-refractivity contribution in [2.24, 2.45) is 5.92 Å². The van der Waals surface area contributed by atoms with Crippen LogP contribution in [0.3, 0.4) is 0 Å². The van der Waals surface area contributed by atoms with Gasteiger partial charge >= 0.3 is 0 Å². The van der Waals surface area contributed by atoms with Gasteiger partial charge in [0.1, 0.15) is 11.6 Å². The standard InChI is InChI=1S/C17H17FO2/c18-15-7-3-1-5-12(15)10-16(19)14-9-13-6-2-4-8-17(13)20-11-14/h1-8,14,16,19H,9-11H2. The molecule has 3 rings (SSSR count). The van der Waals surface area contributed by atoms with Gasteiger partial charge < -0.3 is 9.84 Å². The summed E-state index contributed by atoms with van der Waals surface area (Å²) in [6.45, 7) is 0.479. The van der Waals surface area contributed by atoms with Crippen LogP contribution in [0, 0.1) is 11.7 Å². The smallest absolute Gasteiger partial charge is 0.126 e. The third-order valence-corrected chi connectivity index (χ3v) is 3.84. The first-order chi connectivity index (χ1) is 9.74. The molecule has 1 heterocycles. The summed E-state index contributed by atoms with van der Waals surface area (Å²) in [6, 6.07) is 14.4. The number of rotatable bonds is 3. The topological polar surface area (TPSA) is 29.5 Å². The molecular formula is C17H17FO2. The predicted molar refractivity (Wildman–Crippen MR) is 75.2 cm³/mol. The predicted octanol–water partition coefficient (Wildman–Crippen LogP) is 2.98. The van der Waals surface area contributed by atoms with Crippen LogP contribution in [0.1, 0.15) is 11.1 Å². The van der Waals surface area contributed by atoms with Gasteiger partial charge in [0.15, 0.2) is 0 Å². The zero-order chi connectivity index (χ0) is 13.9. The van der Waals surface area contributed by atoms with Crippen LogP contribution < -0.4 is 4.74 Å². The van der Waals surface area contributed by atoms with E-state index in [1.54, 1.807) is 18.2 Å². The first-order valence-electron chi connectivity index (χ1n) is 6.86. The maximum absolute atomic E-state index is 13.6. The molecule has 2 aromatic carbocycles. The summed E-state index contributed by atoms with van der Waals surface area (Å²) in [5, 5.41) is 10.3. The Kier molecular flexibility index (Phi) is 3.70. The van der Waals surface area contributed by atoms with Crippen molar-refractivity contribution in [1.29, 1.82) is 0 Å². The zero-order valence-corrected chi connectivity index (χ0v) is 11.1. The van der Waals surface area contributed by atoms with Gasteiger partial charge in [-0.05, 0) is 29.7 Å². The Morgan fingerprint density at radius 2 is 1.90 bits per heavy atom. The molecule has 2 nitrogen and oxygen atoms in total. The third-order valence-electron chi connectivity index (χ3n) is 3.84. The monoisotopic (exact) mass is 272 g/mol. The number of aliphatic hydroxyl groups excluding tert-OH is 1. The van der Waals surface area contributed by atoms with E-state index in [1.807, 2.05) is 24.3 Å². The minimum absolute atomic E-state index is 0.00417. The van der Waals surface area contributed by atoms with Crippen LogP contribution in [0.15, 0.2) is 48.5 Å². The lowest BCUT2D eigenvalue weighted by molar-refractivity contribution is 0.0646. The molecule has 0 bridgehead atoms. The van der Waals surface area contributed by atoms with Crippen molar-refractivity contribution < 1.29 is 14.2 Å². The summed E-state index contributed by atoms with van der Waals surface area (Å²) in [5.74, 6) is 0.634. The van der Waals surface area contributed by atoms with Gasteiger partial charge in [-0.2, -0.15) is 0 Å². The van der Waals surface area contributed by atoms with E-state index in [-0.39, 0.29) is 11.7 Å². The van der Waals surface area contributed by atoms with E-state index in [0.717, 1.165) is 17.7 Å². The van der Waals surface area contributed by atoms with Crippen molar-refractivity contribution in [2.45, 2.75) is 18.9 Å². The second-order valence-electron chi connectivity index (χ2n) is 5.25. The molecule has 0 amide bonds. The molecule has 0 saturated carbocycles. The van der Waals surface area contributed by atoms with Gasteiger partial charge in [-0.25, -0.2) is 4.39 Å². The number of hydrogen-bond acceptors (Lipinski definition) is 2. The molecule has 1 aliphatic rings. The molecule has 3 heteroatoms. The summed E-state index contributed by atoms with van der Waals surface area (Å²) < 4.78 is 19.3. The molecule has 1 aliphatic heterocycles. The van der Waals surface area contributed by atoms with E-state index in [1.165, 1.54) is 6.07 Å². The normalized spacial score (nSPS) is 19.0. The Hall–Kier alpha value is -1.87. The number of hydrogen-bond donors (Lipinski definition) is 1. The largest absolute Gasteiger partial charge is 0.493 e. The van der Waals surface area contributed by atoms with Crippen LogP contribution in [0.25, 0.3) is 0 Å². The minimum atomic E-state index is -0.597. The van der Waals surface area contributed by atoms with Crippen LogP contribution >= 0.6 is 0 Å². The summed E-state index contributed by atoms with van der Waals surface area (Å²) in [4.78, 5) is 0. The Labute approximate surface area is 117 Å². The van der Waals surface area contributed by atoms with Gasteiger partial charge in [0, 0.05) is 12.3 Å². The molecule has 0 fully saturated rings. The van der Waals surface area contributed by atoms with Crippen LogP contribution in [0.4, 0.5) is 4.39 Å². The van der Waals surface area contributed by atoms with Crippen LogP contribution in [0.2, 0.25) is 0 Å². The molecule has 0 saturated heterocycles. The lowest BCUT2D eigenvalue weighted by Crippen LogP contribution is -2.33. The van der Waals surface area contributed by atoms with Gasteiger partial charge in [0.25, 0.3) is 0 Å². The second kappa shape index (κ2) is 5.63. The van der Waals surface area contributed by atoms with E-state index < -0.39 is 6.10 Å². The van der Waals surface area contributed by atoms with Crippen LogP contribution in [-0.2, 0) is 12.8 Å². The highest BCUT2D eigenvalue weighted by Gasteiger charge is 2.26. The summed E-state index contributed by atoms with van der Waals surface area (Å²) in [7, 11) is 0. The van der Waals surface area contributed by atoms with Crippen molar-refractivity contribution in [3.63, 3.8) is 0 Å². The molecular weight excluding hydrogens is 255 g/mol. The first-order valence-corrected chi connectivity index (χ1v) is 6.86. The van der Waals surface area contributed by atoms with Gasteiger partial charge in [-0.3, -0.25) is 0 Å². The maximum Gasteiger partial charge on any atom is 0.126 e. The van der Waals surface area contributed by atoms with Crippen molar-refractivity contribution >= 4 is 0 Å². The lowest BCUT2D eigenvalue weighted by Gasteiger charge is -2.29. The van der Waals surface area contributed by atoms with E-state index in [0.29, 0.717) is 18.6 Å². The Morgan fingerprint density at radius 1 is 1.15 bits per heavy atom. The summed E-state index contributed by atoms with van der Waals surface area (Å²) in [6.07, 6.45) is 0.495. The van der Waals surface area contributed by atoms with Gasteiger partial charge in [0.05, 0.1) is 12.7 Å². The van der Waals surface area contributed by atoms with Crippen molar-refractivity contribution in [3.8, 4) is 5.75 Å². The highest BCUT2D eigenvalue weighted by molar-refractivity contribution is 5.35. The zero-order valence-electron chi connectivity index (χ0n) is 11.1. The van der Waals surface area contributed by atoms with Crippen LogP contribution in [0.5, 0.6) is 5.75 Å². The highest BCUT2D eigenvalue weighted by atomic mass is 19.1. The number of benzene rings is 2. The van der Waals surface area contributed by atoms with Gasteiger partial charge in [0.2, 0.25) is 0 Å². The summed E-state index contributed by atoms with van der Waals surface area (Å²) >= 11 is 0. The molecule has 2 atom stereocenters. The van der Waals surface area contributed by atoms with Crippen LogP contribution in [-0.4, -0.2) is 17.8 Å². The quantitative estimate of drug-likeness (QED) is 0.930. The van der Waals surface area contributed by atoms with E-state index in [9.17, 15) is 9.50 Å². The second-order valence-corrected chi connectivity index (χ2v) is 5.25. The Balaban J connectivity index is 1.70. The van der Waals surface area contributed by atoms with Gasteiger partial charge in [-0.15, -0.1) is 0 Å². The van der Waals surface area contributed by atoms with Crippen molar-refractivity contribution in [3.05, 3.63) is 65.5 Å². The first kappa shape index (κ1) is 13.1. The Bertz CT molecular complexity index is 597. The summed E-state index contributed by atoms with van der Waals surface area (Å²) in [5.41, 5.74) is 1.66. The third kappa shape index (κ3) is 2.68. The van der Waals surface area contributed by atoms with E-state index in [4.69, 9.17) is 4.74 Å². The lowest BCUT2D eigenvalue weighted by atomic mass is 9.89. The average molecular weight is 272 g/mol.